The van der Waals surface area contributed by atoms with Crippen LogP contribution in [0.1, 0.15) is 12.8 Å². The van der Waals surface area contributed by atoms with Gasteiger partial charge in [0.2, 0.25) is 0 Å². The molecule has 0 radical (unpaired) electrons. The zero-order chi connectivity index (χ0) is 19.0. The van der Waals surface area contributed by atoms with Crippen molar-refractivity contribution in [2.24, 2.45) is 0 Å². The van der Waals surface area contributed by atoms with E-state index in [2.05, 4.69) is 10.3 Å². The Morgan fingerprint density at radius 1 is 1.33 bits per heavy atom. The van der Waals surface area contributed by atoms with Gasteiger partial charge in [-0.05, 0) is 19.2 Å². The maximum atomic E-state index is 12.8. The standard InChI is InChI=1S/C18H20N4O5/c1-26-12-8-14-13(20-9-12)2-3-15(23)21(14)10-16(24)22-11-18(27-17(22)25)4-6-19-7-5-18/h2-3,8-9,19H,4-7,10-11H2,1H3. The van der Waals surface area contributed by atoms with Crippen LogP contribution in [0.15, 0.2) is 29.2 Å². The van der Waals surface area contributed by atoms with Crippen LogP contribution < -0.4 is 15.6 Å². The van der Waals surface area contributed by atoms with E-state index in [0.29, 0.717) is 29.6 Å². The van der Waals surface area contributed by atoms with Crippen molar-refractivity contribution in [3.05, 3.63) is 34.7 Å². The number of fused-ring (bicyclic) bond motifs is 1. The van der Waals surface area contributed by atoms with Crippen molar-refractivity contribution in [2.45, 2.75) is 25.0 Å². The molecule has 2 amide bonds. The number of hydrogen-bond acceptors (Lipinski definition) is 7. The predicted molar refractivity (Wildman–Crippen MR) is 95.6 cm³/mol. The predicted octanol–water partition coefficient (Wildman–Crippen LogP) is 0.506. The molecule has 4 heterocycles. The molecule has 4 rings (SSSR count). The second-order valence-electron chi connectivity index (χ2n) is 6.82. The number of pyridine rings is 2. The van der Waals surface area contributed by atoms with E-state index >= 15 is 0 Å². The smallest absolute Gasteiger partial charge is 0.417 e. The third-order valence-corrected chi connectivity index (χ3v) is 5.13. The molecule has 27 heavy (non-hydrogen) atoms. The van der Waals surface area contributed by atoms with Gasteiger partial charge in [-0.2, -0.15) is 0 Å². The summed E-state index contributed by atoms with van der Waals surface area (Å²) < 4.78 is 12.0. The molecule has 2 saturated heterocycles. The molecule has 0 unspecified atom stereocenters. The first kappa shape index (κ1) is 17.5. The molecule has 2 aliphatic heterocycles. The molecule has 0 saturated carbocycles. The van der Waals surface area contributed by atoms with E-state index in [-0.39, 0.29) is 18.6 Å². The van der Waals surface area contributed by atoms with Crippen molar-refractivity contribution in [2.75, 3.05) is 26.7 Å². The summed E-state index contributed by atoms with van der Waals surface area (Å²) in [5.74, 6) is -0.00336. The summed E-state index contributed by atoms with van der Waals surface area (Å²) in [6, 6.07) is 4.59. The summed E-state index contributed by atoms with van der Waals surface area (Å²) in [5, 5.41) is 3.21. The number of aromatic nitrogens is 2. The molecule has 2 aliphatic rings. The molecule has 0 aliphatic carbocycles. The molecule has 9 nitrogen and oxygen atoms in total. The van der Waals surface area contributed by atoms with Crippen molar-refractivity contribution in [1.29, 1.82) is 0 Å². The van der Waals surface area contributed by atoms with E-state index < -0.39 is 17.6 Å². The largest absolute Gasteiger partial charge is 0.495 e. The lowest BCUT2D eigenvalue weighted by molar-refractivity contribution is -0.128. The van der Waals surface area contributed by atoms with Crippen molar-refractivity contribution in [3.8, 4) is 5.75 Å². The highest BCUT2D eigenvalue weighted by atomic mass is 16.6. The van der Waals surface area contributed by atoms with Crippen LogP contribution in [0.3, 0.4) is 0 Å². The fourth-order valence-corrected chi connectivity index (χ4v) is 3.60. The number of ether oxygens (including phenoxy) is 2. The van der Waals surface area contributed by atoms with Gasteiger partial charge in [-0.25, -0.2) is 9.69 Å². The quantitative estimate of drug-likeness (QED) is 0.837. The van der Waals surface area contributed by atoms with Gasteiger partial charge in [-0.3, -0.25) is 19.1 Å². The topological polar surface area (TPSA) is 103 Å². The van der Waals surface area contributed by atoms with Crippen LogP contribution in [0, 0.1) is 0 Å². The number of nitrogens with zero attached hydrogens (tertiary/aromatic N) is 3. The third-order valence-electron chi connectivity index (χ3n) is 5.13. The van der Waals surface area contributed by atoms with Crippen LogP contribution in [-0.2, 0) is 16.1 Å². The molecule has 0 atom stereocenters. The Hall–Kier alpha value is -2.94. The normalized spacial score (nSPS) is 18.7. The zero-order valence-electron chi connectivity index (χ0n) is 14.9. The van der Waals surface area contributed by atoms with E-state index in [4.69, 9.17) is 9.47 Å². The molecule has 0 bridgehead atoms. The Labute approximate surface area is 154 Å². The summed E-state index contributed by atoms with van der Waals surface area (Å²) in [6.07, 6.45) is 2.22. The summed E-state index contributed by atoms with van der Waals surface area (Å²) in [4.78, 5) is 42.8. The minimum atomic E-state index is -0.647. The summed E-state index contributed by atoms with van der Waals surface area (Å²) in [7, 11) is 1.50. The molecule has 2 aromatic rings. The highest BCUT2D eigenvalue weighted by Gasteiger charge is 2.47. The Kier molecular flexibility index (Phi) is 4.31. The number of carbonyl (C=O) groups excluding carboxylic acids is 2. The first-order chi connectivity index (χ1) is 13.0. The summed E-state index contributed by atoms with van der Waals surface area (Å²) in [5.41, 5.74) is 0.0587. The van der Waals surface area contributed by atoms with E-state index in [1.54, 1.807) is 12.1 Å². The number of methoxy groups -OCH3 is 1. The molecule has 1 N–H and O–H groups in total. The van der Waals surface area contributed by atoms with E-state index in [0.717, 1.165) is 18.0 Å². The van der Waals surface area contributed by atoms with Crippen molar-refractivity contribution in [3.63, 3.8) is 0 Å². The lowest BCUT2D eigenvalue weighted by Gasteiger charge is -2.31. The monoisotopic (exact) mass is 372 g/mol. The Balaban J connectivity index is 1.62. The van der Waals surface area contributed by atoms with Crippen LogP contribution in [0.4, 0.5) is 4.79 Å². The van der Waals surface area contributed by atoms with Gasteiger partial charge >= 0.3 is 6.09 Å². The van der Waals surface area contributed by atoms with Gasteiger partial charge in [0, 0.05) is 25.0 Å². The third kappa shape index (κ3) is 3.14. The SMILES string of the molecule is COc1cnc2ccc(=O)n(CC(=O)N3CC4(CCNCC4)OC3=O)c2c1. The summed E-state index contributed by atoms with van der Waals surface area (Å²) in [6.45, 7) is 1.43. The molecular formula is C18H20N4O5. The van der Waals surface area contributed by atoms with Gasteiger partial charge in [-0.1, -0.05) is 0 Å². The zero-order valence-corrected chi connectivity index (χ0v) is 14.9. The maximum absolute atomic E-state index is 12.8. The van der Waals surface area contributed by atoms with Gasteiger partial charge in [0.05, 0.1) is 30.9 Å². The van der Waals surface area contributed by atoms with Crippen LogP contribution >= 0.6 is 0 Å². The minimum absolute atomic E-state index is 0.216. The van der Waals surface area contributed by atoms with Crippen LogP contribution in [0.2, 0.25) is 0 Å². The molecule has 1 spiro atoms. The van der Waals surface area contributed by atoms with Gasteiger partial charge in [-0.15, -0.1) is 0 Å². The Bertz CT molecular complexity index is 964. The summed E-state index contributed by atoms with van der Waals surface area (Å²) >= 11 is 0. The molecule has 9 heteroatoms. The maximum Gasteiger partial charge on any atom is 0.417 e. The molecule has 142 valence electrons. The second kappa shape index (κ2) is 6.66. The van der Waals surface area contributed by atoms with E-state index in [1.165, 1.54) is 23.9 Å². The molecule has 0 aromatic carbocycles. The fraction of sp³-hybridized carbons (Fsp3) is 0.444. The number of carbonyl (C=O) groups is 2. The number of amides is 2. The van der Waals surface area contributed by atoms with Gasteiger partial charge in [0.15, 0.2) is 0 Å². The van der Waals surface area contributed by atoms with Crippen molar-refractivity contribution in [1.82, 2.24) is 19.8 Å². The highest BCUT2D eigenvalue weighted by Crippen LogP contribution is 2.31. The molecular weight excluding hydrogens is 352 g/mol. The van der Waals surface area contributed by atoms with Crippen LogP contribution in [0.5, 0.6) is 5.75 Å². The van der Waals surface area contributed by atoms with Crippen molar-refractivity contribution >= 4 is 23.0 Å². The number of imide groups is 1. The molecule has 2 aromatic heterocycles. The number of nitrogens with one attached hydrogen (secondary N) is 1. The van der Waals surface area contributed by atoms with Gasteiger partial charge in [0.25, 0.3) is 11.5 Å². The van der Waals surface area contributed by atoms with Gasteiger partial charge < -0.3 is 14.8 Å². The minimum Gasteiger partial charge on any atom is -0.495 e. The Morgan fingerprint density at radius 3 is 2.85 bits per heavy atom. The highest BCUT2D eigenvalue weighted by molar-refractivity contribution is 5.94. The van der Waals surface area contributed by atoms with E-state index in [1.807, 2.05) is 0 Å². The average Bonchev–Trinajstić information content (AvgIpc) is 2.99. The number of rotatable bonds is 3. The Morgan fingerprint density at radius 2 is 2.11 bits per heavy atom. The number of hydrogen-bond donors (Lipinski definition) is 1. The van der Waals surface area contributed by atoms with Gasteiger partial charge in [0.1, 0.15) is 17.9 Å². The lowest BCUT2D eigenvalue weighted by Crippen LogP contribution is -2.46. The molecule has 2 fully saturated rings. The first-order valence-corrected chi connectivity index (χ1v) is 8.79. The average molecular weight is 372 g/mol. The van der Waals surface area contributed by atoms with Crippen LogP contribution in [-0.4, -0.2) is 58.8 Å². The van der Waals surface area contributed by atoms with Crippen LogP contribution in [0.25, 0.3) is 11.0 Å². The fourth-order valence-electron chi connectivity index (χ4n) is 3.60. The van der Waals surface area contributed by atoms with Crippen molar-refractivity contribution < 1.29 is 19.1 Å². The second-order valence-corrected chi connectivity index (χ2v) is 6.82. The lowest BCUT2D eigenvalue weighted by atomic mass is 9.92. The van der Waals surface area contributed by atoms with E-state index in [9.17, 15) is 14.4 Å². The number of piperidine rings is 1. The first-order valence-electron chi connectivity index (χ1n) is 8.79.